The van der Waals surface area contributed by atoms with Gasteiger partial charge in [-0.2, -0.15) is 0 Å². The van der Waals surface area contributed by atoms with E-state index in [2.05, 4.69) is 10.3 Å². The van der Waals surface area contributed by atoms with Crippen molar-refractivity contribution >= 4 is 28.8 Å². The molecule has 1 aromatic heterocycles. The fourth-order valence-electron chi connectivity index (χ4n) is 1.37. The molecule has 0 aliphatic carbocycles. The first kappa shape index (κ1) is 12.6. The Balaban J connectivity index is 2.74. The Hall–Kier alpha value is -1.49. The van der Waals surface area contributed by atoms with Crippen LogP contribution in [-0.2, 0) is 4.79 Å². The zero-order valence-electron chi connectivity index (χ0n) is 9.36. The lowest BCUT2D eigenvalue weighted by molar-refractivity contribution is -0.118. The van der Waals surface area contributed by atoms with E-state index in [4.69, 9.17) is 18.0 Å². The molecule has 0 aliphatic heterocycles. The number of nitrogens with zero attached hydrogens (tertiary/aromatic N) is 1. The van der Waals surface area contributed by atoms with Gasteiger partial charge in [0.2, 0.25) is 5.91 Å². The van der Waals surface area contributed by atoms with Crippen LogP contribution in [0.4, 0.5) is 5.69 Å². The molecule has 0 fully saturated rings. The normalized spacial score (nSPS) is 11.9. The number of aromatic nitrogens is 1. The Labute approximate surface area is 100 Å². The summed E-state index contributed by atoms with van der Waals surface area (Å²) in [6.45, 7) is 3.78. The quantitative estimate of drug-likeness (QED) is 0.781. The standard InChI is InChI=1S/C11H15N3OS/c1-3-9(10(12)16)11(15)14-8-4-7(2)5-13-6-8/h4-6,9H,3H2,1-2H3,(H2,12,16)(H,14,15). The zero-order valence-corrected chi connectivity index (χ0v) is 10.2. The highest BCUT2D eigenvalue weighted by Crippen LogP contribution is 2.11. The van der Waals surface area contributed by atoms with E-state index < -0.39 is 5.92 Å². The van der Waals surface area contributed by atoms with Crippen molar-refractivity contribution in [3.63, 3.8) is 0 Å². The molecule has 0 spiro atoms. The van der Waals surface area contributed by atoms with Crippen molar-refractivity contribution in [1.29, 1.82) is 0 Å². The minimum atomic E-state index is -0.421. The summed E-state index contributed by atoms with van der Waals surface area (Å²) in [7, 11) is 0. The van der Waals surface area contributed by atoms with Gasteiger partial charge in [0.1, 0.15) is 0 Å². The van der Waals surface area contributed by atoms with Crippen molar-refractivity contribution in [3.8, 4) is 0 Å². The van der Waals surface area contributed by atoms with Crippen LogP contribution in [-0.4, -0.2) is 15.9 Å². The van der Waals surface area contributed by atoms with E-state index in [1.165, 1.54) is 0 Å². The third-order valence-electron chi connectivity index (χ3n) is 2.21. The molecule has 0 aliphatic rings. The molecule has 1 amide bonds. The summed E-state index contributed by atoms with van der Waals surface area (Å²) in [5.41, 5.74) is 7.14. The zero-order chi connectivity index (χ0) is 12.1. The van der Waals surface area contributed by atoms with Gasteiger partial charge in [-0.15, -0.1) is 0 Å². The van der Waals surface area contributed by atoms with Gasteiger partial charge in [-0.3, -0.25) is 9.78 Å². The molecular weight excluding hydrogens is 222 g/mol. The second-order valence-corrected chi connectivity index (χ2v) is 4.07. The number of amides is 1. The number of anilines is 1. The van der Waals surface area contributed by atoms with Crippen LogP contribution in [0.15, 0.2) is 18.5 Å². The second-order valence-electron chi connectivity index (χ2n) is 3.60. The maximum absolute atomic E-state index is 11.8. The highest BCUT2D eigenvalue weighted by atomic mass is 32.1. The number of thiocarbonyl (C=S) groups is 1. The minimum Gasteiger partial charge on any atom is -0.393 e. The van der Waals surface area contributed by atoms with Crippen molar-refractivity contribution in [2.24, 2.45) is 11.7 Å². The van der Waals surface area contributed by atoms with Gasteiger partial charge in [-0.1, -0.05) is 19.1 Å². The maximum atomic E-state index is 11.8. The van der Waals surface area contributed by atoms with E-state index in [1.807, 2.05) is 19.9 Å². The van der Waals surface area contributed by atoms with Gasteiger partial charge < -0.3 is 11.1 Å². The molecule has 0 saturated carbocycles. The van der Waals surface area contributed by atoms with E-state index in [0.717, 1.165) is 5.56 Å². The average molecular weight is 237 g/mol. The van der Waals surface area contributed by atoms with Gasteiger partial charge in [-0.05, 0) is 25.0 Å². The Bertz CT molecular complexity index is 406. The third kappa shape index (κ3) is 3.27. The Kier molecular flexibility index (Phi) is 4.37. The van der Waals surface area contributed by atoms with Gasteiger partial charge in [-0.25, -0.2) is 0 Å². The molecule has 3 N–H and O–H groups in total. The second kappa shape index (κ2) is 5.55. The molecule has 0 bridgehead atoms. The van der Waals surface area contributed by atoms with Crippen molar-refractivity contribution in [2.45, 2.75) is 20.3 Å². The number of pyridine rings is 1. The van der Waals surface area contributed by atoms with Gasteiger partial charge in [0.05, 0.1) is 22.8 Å². The van der Waals surface area contributed by atoms with Gasteiger partial charge in [0, 0.05) is 6.20 Å². The first-order valence-electron chi connectivity index (χ1n) is 5.06. The number of hydrogen-bond acceptors (Lipinski definition) is 3. The molecular formula is C11H15N3OS. The predicted octanol–water partition coefficient (Wildman–Crippen LogP) is 1.64. The van der Waals surface area contributed by atoms with Crippen LogP contribution in [0.25, 0.3) is 0 Å². The van der Waals surface area contributed by atoms with Crippen LogP contribution in [0.5, 0.6) is 0 Å². The molecule has 1 aromatic rings. The summed E-state index contributed by atoms with van der Waals surface area (Å²) in [6, 6.07) is 1.84. The number of rotatable bonds is 4. The summed E-state index contributed by atoms with van der Waals surface area (Å²) in [6.07, 6.45) is 3.91. The molecule has 4 nitrogen and oxygen atoms in total. The number of nitrogens with two attached hydrogens (primary N) is 1. The molecule has 86 valence electrons. The van der Waals surface area contributed by atoms with Crippen LogP contribution in [0, 0.1) is 12.8 Å². The molecule has 5 heteroatoms. The third-order valence-corrected chi connectivity index (χ3v) is 2.50. The number of hydrogen-bond donors (Lipinski definition) is 2. The molecule has 16 heavy (non-hydrogen) atoms. The summed E-state index contributed by atoms with van der Waals surface area (Å²) in [4.78, 5) is 16.0. The molecule has 0 aromatic carbocycles. The minimum absolute atomic E-state index is 0.178. The first-order chi connectivity index (χ1) is 7.54. The summed E-state index contributed by atoms with van der Waals surface area (Å²) < 4.78 is 0. The largest absolute Gasteiger partial charge is 0.393 e. The van der Waals surface area contributed by atoms with Crippen molar-refractivity contribution < 1.29 is 4.79 Å². The van der Waals surface area contributed by atoms with E-state index in [-0.39, 0.29) is 10.9 Å². The Morgan fingerprint density at radius 1 is 1.62 bits per heavy atom. The van der Waals surface area contributed by atoms with Crippen molar-refractivity contribution in [1.82, 2.24) is 4.98 Å². The van der Waals surface area contributed by atoms with Gasteiger partial charge >= 0.3 is 0 Å². The fraction of sp³-hybridized carbons (Fsp3) is 0.364. The SMILES string of the molecule is CCC(C(=O)Nc1cncc(C)c1)C(N)=S. The topological polar surface area (TPSA) is 68.0 Å². The van der Waals surface area contributed by atoms with E-state index in [0.29, 0.717) is 12.1 Å². The van der Waals surface area contributed by atoms with Gasteiger partial charge in [0.15, 0.2) is 0 Å². The first-order valence-corrected chi connectivity index (χ1v) is 5.47. The fourth-order valence-corrected chi connectivity index (χ4v) is 1.64. The Morgan fingerprint density at radius 3 is 2.81 bits per heavy atom. The maximum Gasteiger partial charge on any atom is 0.234 e. The lowest BCUT2D eigenvalue weighted by atomic mass is 10.1. The lowest BCUT2D eigenvalue weighted by Gasteiger charge is -2.13. The highest BCUT2D eigenvalue weighted by Gasteiger charge is 2.19. The summed E-state index contributed by atoms with van der Waals surface area (Å²) in [5, 5.41) is 2.75. The summed E-state index contributed by atoms with van der Waals surface area (Å²) >= 11 is 4.84. The van der Waals surface area contributed by atoms with Crippen LogP contribution >= 0.6 is 12.2 Å². The van der Waals surface area contributed by atoms with Crippen LogP contribution in [0.2, 0.25) is 0 Å². The van der Waals surface area contributed by atoms with Gasteiger partial charge in [0.25, 0.3) is 0 Å². The van der Waals surface area contributed by atoms with Crippen LogP contribution in [0.3, 0.4) is 0 Å². The molecule has 1 heterocycles. The number of carbonyl (C=O) groups excluding carboxylic acids is 1. The smallest absolute Gasteiger partial charge is 0.234 e. The predicted molar refractivity (Wildman–Crippen MR) is 68.2 cm³/mol. The number of nitrogens with one attached hydrogen (secondary N) is 1. The molecule has 1 unspecified atom stereocenters. The Morgan fingerprint density at radius 2 is 2.31 bits per heavy atom. The number of aryl methyl sites for hydroxylation is 1. The lowest BCUT2D eigenvalue weighted by Crippen LogP contribution is -2.32. The molecule has 0 saturated heterocycles. The number of carbonyl (C=O) groups is 1. The molecule has 0 radical (unpaired) electrons. The van der Waals surface area contributed by atoms with E-state index in [1.54, 1.807) is 12.4 Å². The van der Waals surface area contributed by atoms with Crippen molar-refractivity contribution in [2.75, 3.05) is 5.32 Å². The monoisotopic (exact) mass is 237 g/mol. The summed E-state index contributed by atoms with van der Waals surface area (Å²) in [5.74, 6) is -0.599. The molecule has 1 atom stereocenters. The molecule has 1 rings (SSSR count). The van der Waals surface area contributed by atoms with Crippen LogP contribution < -0.4 is 11.1 Å². The average Bonchev–Trinajstić information content (AvgIpc) is 2.17. The van der Waals surface area contributed by atoms with Crippen molar-refractivity contribution in [3.05, 3.63) is 24.0 Å². The van der Waals surface area contributed by atoms with E-state index in [9.17, 15) is 4.79 Å². The van der Waals surface area contributed by atoms with Crippen LogP contribution in [0.1, 0.15) is 18.9 Å². The van der Waals surface area contributed by atoms with E-state index >= 15 is 0 Å². The highest BCUT2D eigenvalue weighted by molar-refractivity contribution is 7.80.